The standard InChI is InChI=1S/C15H27N/c1-2-16-15(13-9-5-3-6-10-13)14-11-7-4-8-12-14/h9,14-16H,2-8,10-12H2,1H3. The highest BCUT2D eigenvalue weighted by atomic mass is 14.9. The van der Waals surface area contributed by atoms with E-state index in [2.05, 4.69) is 18.3 Å². The van der Waals surface area contributed by atoms with Gasteiger partial charge in [0.2, 0.25) is 0 Å². The molecule has 2 rings (SSSR count). The molecule has 1 N–H and O–H groups in total. The number of allylic oxidation sites excluding steroid dienone is 1. The van der Waals surface area contributed by atoms with Crippen LogP contribution in [0.3, 0.4) is 0 Å². The summed E-state index contributed by atoms with van der Waals surface area (Å²) in [5.41, 5.74) is 1.74. The van der Waals surface area contributed by atoms with Crippen molar-refractivity contribution >= 4 is 0 Å². The fourth-order valence-electron chi connectivity index (χ4n) is 3.43. The first-order chi connectivity index (χ1) is 7.92. The predicted octanol–water partition coefficient (Wildman–Crippen LogP) is 4.05. The van der Waals surface area contributed by atoms with Crippen LogP contribution in [0.15, 0.2) is 11.6 Å². The van der Waals surface area contributed by atoms with Crippen LogP contribution in [-0.2, 0) is 0 Å². The molecule has 1 atom stereocenters. The molecule has 0 saturated heterocycles. The average molecular weight is 221 g/mol. The average Bonchev–Trinajstić information content (AvgIpc) is 2.38. The summed E-state index contributed by atoms with van der Waals surface area (Å²) in [7, 11) is 0. The van der Waals surface area contributed by atoms with Gasteiger partial charge in [-0.05, 0) is 51.0 Å². The molecule has 0 aromatic rings. The van der Waals surface area contributed by atoms with Crippen LogP contribution in [0.25, 0.3) is 0 Å². The number of nitrogens with one attached hydrogen (secondary N) is 1. The molecule has 0 heterocycles. The Hall–Kier alpha value is -0.300. The Balaban J connectivity index is 1.99. The zero-order valence-corrected chi connectivity index (χ0v) is 10.8. The van der Waals surface area contributed by atoms with E-state index in [9.17, 15) is 0 Å². The summed E-state index contributed by atoms with van der Waals surface area (Å²) in [4.78, 5) is 0. The lowest BCUT2D eigenvalue weighted by Gasteiger charge is -2.34. The van der Waals surface area contributed by atoms with Crippen LogP contribution in [0, 0.1) is 5.92 Å². The quantitative estimate of drug-likeness (QED) is 0.706. The van der Waals surface area contributed by atoms with Crippen molar-refractivity contribution in [2.45, 2.75) is 70.8 Å². The van der Waals surface area contributed by atoms with Crippen molar-refractivity contribution in [3.63, 3.8) is 0 Å². The molecule has 0 radical (unpaired) electrons. The maximum Gasteiger partial charge on any atom is 0.0307 e. The molecule has 16 heavy (non-hydrogen) atoms. The Morgan fingerprint density at radius 3 is 2.62 bits per heavy atom. The van der Waals surface area contributed by atoms with Crippen LogP contribution in [-0.4, -0.2) is 12.6 Å². The molecule has 2 aliphatic carbocycles. The molecule has 2 aliphatic rings. The molecular weight excluding hydrogens is 194 g/mol. The van der Waals surface area contributed by atoms with Crippen molar-refractivity contribution in [1.29, 1.82) is 0 Å². The maximum atomic E-state index is 3.75. The maximum absolute atomic E-state index is 3.75. The first-order valence-electron chi connectivity index (χ1n) is 7.34. The smallest absolute Gasteiger partial charge is 0.0307 e. The highest BCUT2D eigenvalue weighted by Gasteiger charge is 2.26. The molecule has 0 spiro atoms. The molecule has 1 fully saturated rings. The van der Waals surface area contributed by atoms with Crippen molar-refractivity contribution < 1.29 is 0 Å². The van der Waals surface area contributed by atoms with Crippen LogP contribution in [0.4, 0.5) is 0 Å². The molecule has 0 bridgehead atoms. The minimum atomic E-state index is 0.714. The van der Waals surface area contributed by atoms with E-state index in [0.717, 1.165) is 12.5 Å². The van der Waals surface area contributed by atoms with Crippen molar-refractivity contribution in [3.8, 4) is 0 Å². The van der Waals surface area contributed by atoms with Gasteiger partial charge in [-0.15, -0.1) is 0 Å². The van der Waals surface area contributed by atoms with Gasteiger partial charge in [-0.1, -0.05) is 37.8 Å². The summed E-state index contributed by atoms with van der Waals surface area (Å²) in [5.74, 6) is 0.929. The minimum absolute atomic E-state index is 0.714. The minimum Gasteiger partial charge on any atom is -0.310 e. The van der Waals surface area contributed by atoms with Gasteiger partial charge in [0.15, 0.2) is 0 Å². The van der Waals surface area contributed by atoms with Crippen molar-refractivity contribution in [2.75, 3.05) is 6.54 Å². The summed E-state index contributed by atoms with van der Waals surface area (Å²) in [6, 6.07) is 0.714. The zero-order valence-electron chi connectivity index (χ0n) is 10.8. The van der Waals surface area contributed by atoms with Gasteiger partial charge >= 0.3 is 0 Å². The Labute approximate surface area is 101 Å². The topological polar surface area (TPSA) is 12.0 Å². The second-order valence-electron chi connectivity index (χ2n) is 5.46. The summed E-state index contributed by atoms with van der Waals surface area (Å²) < 4.78 is 0. The van der Waals surface area contributed by atoms with Gasteiger partial charge in [-0.3, -0.25) is 0 Å². The van der Waals surface area contributed by atoms with Gasteiger partial charge in [-0.25, -0.2) is 0 Å². The molecule has 0 aromatic heterocycles. The van der Waals surface area contributed by atoms with Crippen LogP contribution in [0.2, 0.25) is 0 Å². The zero-order chi connectivity index (χ0) is 11.2. The third-order valence-corrected chi connectivity index (χ3v) is 4.27. The SMILES string of the molecule is CCNC(C1=CCCCC1)C1CCCCC1. The summed E-state index contributed by atoms with van der Waals surface area (Å²) >= 11 is 0. The van der Waals surface area contributed by atoms with Crippen molar-refractivity contribution in [3.05, 3.63) is 11.6 Å². The van der Waals surface area contributed by atoms with Gasteiger partial charge in [0.25, 0.3) is 0 Å². The van der Waals surface area contributed by atoms with Crippen molar-refractivity contribution in [2.24, 2.45) is 5.92 Å². The van der Waals surface area contributed by atoms with Gasteiger partial charge in [0.1, 0.15) is 0 Å². The Kier molecular flexibility index (Phi) is 4.90. The Morgan fingerprint density at radius 1 is 1.19 bits per heavy atom. The largest absolute Gasteiger partial charge is 0.310 e. The molecule has 1 nitrogen and oxygen atoms in total. The van der Waals surface area contributed by atoms with Crippen LogP contribution < -0.4 is 5.32 Å². The Morgan fingerprint density at radius 2 is 2.00 bits per heavy atom. The van der Waals surface area contributed by atoms with Gasteiger partial charge in [0, 0.05) is 6.04 Å². The molecule has 1 heteroatoms. The normalized spacial score (nSPS) is 25.2. The Bertz CT molecular complexity index is 226. The van der Waals surface area contributed by atoms with E-state index in [4.69, 9.17) is 0 Å². The van der Waals surface area contributed by atoms with E-state index in [1.807, 2.05) is 0 Å². The fraction of sp³-hybridized carbons (Fsp3) is 0.867. The van der Waals surface area contributed by atoms with E-state index in [0.29, 0.717) is 6.04 Å². The predicted molar refractivity (Wildman–Crippen MR) is 70.6 cm³/mol. The molecule has 92 valence electrons. The fourth-order valence-corrected chi connectivity index (χ4v) is 3.43. The molecule has 0 aromatic carbocycles. The van der Waals surface area contributed by atoms with Crippen LogP contribution >= 0.6 is 0 Å². The second-order valence-corrected chi connectivity index (χ2v) is 5.46. The summed E-state index contributed by atoms with van der Waals surface area (Å²) in [5, 5.41) is 3.75. The molecule has 1 saturated carbocycles. The molecule has 0 aliphatic heterocycles. The monoisotopic (exact) mass is 221 g/mol. The summed E-state index contributed by atoms with van der Waals surface area (Å²) in [6.45, 7) is 3.37. The molecule has 1 unspecified atom stereocenters. The van der Waals surface area contributed by atoms with E-state index >= 15 is 0 Å². The number of likely N-dealkylation sites (N-methyl/N-ethyl adjacent to an activating group) is 1. The van der Waals surface area contributed by atoms with Gasteiger partial charge in [-0.2, -0.15) is 0 Å². The molecule has 0 amide bonds. The highest BCUT2D eigenvalue weighted by Crippen LogP contribution is 2.32. The number of hydrogen-bond acceptors (Lipinski definition) is 1. The van der Waals surface area contributed by atoms with Gasteiger partial charge < -0.3 is 5.32 Å². The van der Waals surface area contributed by atoms with Crippen molar-refractivity contribution in [1.82, 2.24) is 5.32 Å². The highest BCUT2D eigenvalue weighted by molar-refractivity contribution is 5.15. The van der Waals surface area contributed by atoms with Crippen LogP contribution in [0.5, 0.6) is 0 Å². The van der Waals surface area contributed by atoms with Crippen LogP contribution in [0.1, 0.15) is 64.7 Å². The third kappa shape index (κ3) is 3.10. The lowest BCUT2D eigenvalue weighted by molar-refractivity contribution is 0.289. The second kappa shape index (κ2) is 6.44. The van der Waals surface area contributed by atoms with E-state index in [-0.39, 0.29) is 0 Å². The summed E-state index contributed by atoms with van der Waals surface area (Å²) in [6.07, 6.45) is 15.3. The number of hydrogen-bond donors (Lipinski definition) is 1. The molecular formula is C15H27N. The first-order valence-corrected chi connectivity index (χ1v) is 7.34. The lowest BCUT2D eigenvalue weighted by atomic mass is 9.78. The number of rotatable bonds is 4. The third-order valence-electron chi connectivity index (χ3n) is 4.27. The van der Waals surface area contributed by atoms with E-state index in [1.165, 1.54) is 57.8 Å². The van der Waals surface area contributed by atoms with E-state index < -0.39 is 0 Å². The first kappa shape index (κ1) is 12.2. The lowest BCUT2D eigenvalue weighted by Crippen LogP contribution is -2.39. The van der Waals surface area contributed by atoms with E-state index in [1.54, 1.807) is 5.57 Å². The van der Waals surface area contributed by atoms with Gasteiger partial charge in [0.05, 0.1) is 0 Å².